The largest absolute Gasteiger partial charge is 0.460 e. The number of ether oxygens (including phenoxy) is 2. The molecule has 0 aliphatic carbocycles. The Morgan fingerprint density at radius 3 is 1.86 bits per heavy atom. The first-order valence-electron chi connectivity index (χ1n) is 7.25. The first-order valence-corrected chi connectivity index (χ1v) is 7.25. The zero-order valence-electron chi connectivity index (χ0n) is 12.9. The van der Waals surface area contributed by atoms with Crippen LogP contribution in [0.3, 0.4) is 0 Å². The standard InChI is InChI=1S/C12H10.C7H12O3/c1-3-7-11(8-4-1)12-9-5-2-6-10-12;1-3-7(8)10-6-5-9-4-2/h1-10H;3H,1,4-6H2,2H3. The fourth-order valence-electron chi connectivity index (χ4n) is 1.67. The lowest BCUT2D eigenvalue weighted by molar-refractivity contribution is -0.139. The van der Waals surface area contributed by atoms with E-state index in [1.165, 1.54) is 11.1 Å². The molecule has 2 aromatic carbocycles. The summed E-state index contributed by atoms with van der Waals surface area (Å²) < 4.78 is 9.53. The Hall–Kier alpha value is -2.39. The van der Waals surface area contributed by atoms with E-state index in [4.69, 9.17) is 4.74 Å². The Morgan fingerprint density at radius 2 is 1.45 bits per heavy atom. The molecular weight excluding hydrogens is 276 g/mol. The van der Waals surface area contributed by atoms with Crippen LogP contribution < -0.4 is 0 Å². The highest BCUT2D eigenvalue weighted by Crippen LogP contribution is 2.17. The second kappa shape index (κ2) is 11.3. The minimum absolute atomic E-state index is 0.304. The lowest BCUT2D eigenvalue weighted by Crippen LogP contribution is -2.07. The highest BCUT2D eigenvalue weighted by molar-refractivity contribution is 5.81. The van der Waals surface area contributed by atoms with E-state index in [1.807, 2.05) is 19.1 Å². The molecule has 116 valence electrons. The van der Waals surface area contributed by atoms with Crippen molar-refractivity contribution < 1.29 is 14.3 Å². The minimum atomic E-state index is -0.403. The topological polar surface area (TPSA) is 35.5 Å². The molecule has 0 bridgehead atoms. The molecule has 0 spiro atoms. The van der Waals surface area contributed by atoms with Crippen LogP contribution in [0.4, 0.5) is 0 Å². The van der Waals surface area contributed by atoms with Gasteiger partial charge in [0.2, 0.25) is 0 Å². The number of rotatable bonds is 6. The van der Waals surface area contributed by atoms with Gasteiger partial charge in [0, 0.05) is 12.7 Å². The van der Waals surface area contributed by atoms with Gasteiger partial charge in [0.05, 0.1) is 6.61 Å². The summed E-state index contributed by atoms with van der Waals surface area (Å²) in [5.41, 5.74) is 2.55. The van der Waals surface area contributed by atoms with Crippen LogP contribution in [0.1, 0.15) is 6.92 Å². The molecule has 0 radical (unpaired) electrons. The normalized spacial score (nSPS) is 9.32. The number of hydrogen-bond acceptors (Lipinski definition) is 3. The highest BCUT2D eigenvalue weighted by Gasteiger charge is 1.93. The summed E-state index contributed by atoms with van der Waals surface area (Å²) in [4.78, 5) is 10.4. The number of carbonyl (C=O) groups is 1. The lowest BCUT2D eigenvalue weighted by atomic mass is 10.1. The van der Waals surface area contributed by atoms with Crippen molar-refractivity contribution in [1.82, 2.24) is 0 Å². The molecule has 0 saturated heterocycles. The average Bonchev–Trinajstić information content (AvgIpc) is 2.60. The van der Waals surface area contributed by atoms with Gasteiger partial charge < -0.3 is 9.47 Å². The molecule has 3 nitrogen and oxygen atoms in total. The van der Waals surface area contributed by atoms with E-state index in [-0.39, 0.29) is 0 Å². The summed E-state index contributed by atoms with van der Waals surface area (Å²) in [6.45, 7) is 6.53. The molecule has 0 N–H and O–H groups in total. The number of esters is 1. The Labute approximate surface area is 132 Å². The molecule has 0 heterocycles. The highest BCUT2D eigenvalue weighted by atomic mass is 16.6. The van der Waals surface area contributed by atoms with E-state index in [0.717, 1.165) is 6.08 Å². The van der Waals surface area contributed by atoms with E-state index in [0.29, 0.717) is 19.8 Å². The van der Waals surface area contributed by atoms with Crippen LogP contribution in [-0.2, 0) is 14.3 Å². The molecule has 2 aromatic rings. The lowest BCUT2D eigenvalue weighted by Gasteiger charge is -2.00. The molecule has 2 rings (SSSR count). The first-order chi connectivity index (χ1) is 10.8. The van der Waals surface area contributed by atoms with Gasteiger partial charge in [0.25, 0.3) is 0 Å². The van der Waals surface area contributed by atoms with Crippen LogP contribution in [0, 0.1) is 0 Å². The summed E-state index contributed by atoms with van der Waals surface area (Å²) in [6.07, 6.45) is 1.13. The van der Waals surface area contributed by atoms with Crippen LogP contribution in [0.2, 0.25) is 0 Å². The smallest absolute Gasteiger partial charge is 0.330 e. The van der Waals surface area contributed by atoms with Gasteiger partial charge >= 0.3 is 5.97 Å². The monoisotopic (exact) mass is 298 g/mol. The quantitative estimate of drug-likeness (QED) is 0.457. The minimum Gasteiger partial charge on any atom is -0.460 e. The number of benzene rings is 2. The zero-order chi connectivity index (χ0) is 16.0. The van der Waals surface area contributed by atoms with Crippen LogP contribution in [0.15, 0.2) is 73.3 Å². The van der Waals surface area contributed by atoms with E-state index in [1.54, 1.807) is 0 Å². The van der Waals surface area contributed by atoms with Crippen molar-refractivity contribution in [2.75, 3.05) is 19.8 Å². The third-order valence-corrected chi connectivity index (χ3v) is 2.72. The predicted octanol–water partition coefficient (Wildman–Crippen LogP) is 4.11. The maximum absolute atomic E-state index is 10.4. The number of hydrogen-bond donors (Lipinski definition) is 0. The molecule has 0 aliphatic heterocycles. The van der Waals surface area contributed by atoms with E-state index >= 15 is 0 Å². The van der Waals surface area contributed by atoms with Gasteiger partial charge in [-0.3, -0.25) is 0 Å². The van der Waals surface area contributed by atoms with Crippen LogP contribution in [0.25, 0.3) is 11.1 Å². The summed E-state index contributed by atoms with van der Waals surface area (Å²) in [6, 6.07) is 20.8. The van der Waals surface area contributed by atoms with Crippen molar-refractivity contribution >= 4 is 5.97 Å². The summed E-state index contributed by atoms with van der Waals surface area (Å²) in [7, 11) is 0. The molecule has 0 atom stereocenters. The fraction of sp³-hybridized carbons (Fsp3) is 0.211. The average molecular weight is 298 g/mol. The molecule has 22 heavy (non-hydrogen) atoms. The second-order valence-electron chi connectivity index (χ2n) is 4.30. The van der Waals surface area contributed by atoms with Crippen molar-refractivity contribution in [2.24, 2.45) is 0 Å². The van der Waals surface area contributed by atoms with Crippen molar-refractivity contribution in [3.05, 3.63) is 73.3 Å². The van der Waals surface area contributed by atoms with Crippen molar-refractivity contribution in [2.45, 2.75) is 6.92 Å². The van der Waals surface area contributed by atoms with Gasteiger partial charge in [-0.15, -0.1) is 0 Å². The maximum atomic E-state index is 10.4. The molecule has 3 heteroatoms. The molecular formula is C19H22O3. The summed E-state index contributed by atoms with van der Waals surface area (Å²) in [5.74, 6) is -0.403. The molecule has 0 aromatic heterocycles. The summed E-state index contributed by atoms with van der Waals surface area (Å²) >= 11 is 0. The Balaban J connectivity index is 0.000000225. The summed E-state index contributed by atoms with van der Waals surface area (Å²) in [5, 5.41) is 0. The van der Waals surface area contributed by atoms with E-state index in [9.17, 15) is 4.79 Å². The van der Waals surface area contributed by atoms with Gasteiger partial charge in [0.15, 0.2) is 0 Å². The fourth-order valence-corrected chi connectivity index (χ4v) is 1.67. The molecule has 0 saturated carbocycles. The predicted molar refractivity (Wildman–Crippen MR) is 89.5 cm³/mol. The van der Waals surface area contributed by atoms with Crippen LogP contribution in [-0.4, -0.2) is 25.8 Å². The van der Waals surface area contributed by atoms with Gasteiger partial charge in [-0.1, -0.05) is 67.2 Å². The van der Waals surface area contributed by atoms with Gasteiger partial charge in [-0.05, 0) is 18.1 Å². The number of carbonyl (C=O) groups excluding carboxylic acids is 1. The van der Waals surface area contributed by atoms with Crippen molar-refractivity contribution in [1.29, 1.82) is 0 Å². The third-order valence-electron chi connectivity index (χ3n) is 2.72. The van der Waals surface area contributed by atoms with Gasteiger partial charge in [0.1, 0.15) is 6.61 Å². The first kappa shape index (κ1) is 17.7. The Kier molecular flexibility index (Phi) is 9.06. The Morgan fingerprint density at radius 1 is 0.955 bits per heavy atom. The van der Waals surface area contributed by atoms with Crippen molar-refractivity contribution in [3.8, 4) is 11.1 Å². The van der Waals surface area contributed by atoms with E-state index < -0.39 is 5.97 Å². The van der Waals surface area contributed by atoms with E-state index in [2.05, 4.69) is 59.8 Å². The van der Waals surface area contributed by atoms with Gasteiger partial charge in [-0.25, -0.2) is 4.79 Å². The molecule has 0 fully saturated rings. The zero-order valence-corrected chi connectivity index (χ0v) is 12.9. The molecule has 0 amide bonds. The van der Waals surface area contributed by atoms with Crippen molar-refractivity contribution in [3.63, 3.8) is 0 Å². The maximum Gasteiger partial charge on any atom is 0.330 e. The molecule has 0 unspecified atom stereocenters. The van der Waals surface area contributed by atoms with Crippen LogP contribution >= 0.6 is 0 Å². The van der Waals surface area contributed by atoms with Gasteiger partial charge in [-0.2, -0.15) is 0 Å². The Bertz CT molecular complexity index is 498. The second-order valence-corrected chi connectivity index (χ2v) is 4.30. The molecule has 0 aliphatic rings. The SMILES string of the molecule is C=CC(=O)OCCOCC.c1ccc(-c2ccccc2)cc1. The van der Waals surface area contributed by atoms with Crippen LogP contribution in [0.5, 0.6) is 0 Å². The third kappa shape index (κ3) is 7.41.